The van der Waals surface area contributed by atoms with E-state index >= 15 is 0 Å². The molecule has 1 amide bonds. The summed E-state index contributed by atoms with van der Waals surface area (Å²) in [5.74, 6) is 0. The molecule has 0 N–H and O–H groups in total. The Morgan fingerprint density at radius 1 is 1.17 bits per heavy atom. The molecule has 2 fully saturated rings. The lowest BCUT2D eigenvalue weighted by Gasteiger charge is -2.51. The van der Waals surface area contributed by atoms with Gasteiger partial charge in [-0.3, -0.25) is 0 Å². The SMILES string of the molecule is CC(C)(C)OC(=O)N1CCC2(CC1)CC(OC(=O)n1ccnc1)C2. The van der Waals surface area contributed by atoms with Gasteiger partial charge in [0.05, 0.1) is 0 Å². The molecule has 1 aliphatic carbocycles. The van der Waals surface area contributed by atoms with Crippen molar-refractivity contribution >= 4 is 12.2 Å². The van der Waals surface area contributed by atoms with Crippen LogP contribution >= 0.6 is 0 Å². The van der Waals surface area contributed by atoms with E-state index in [9.17, 15) is 9.59 Å². The molecule has 7 nitrogen and oxygen atoms in total. The maximum Gasteiger partial charge on any atom is 0.419 e. The molecule has 0 radical (unpaired) electrons. The van der Waals surface area contributed by atoms with Crippen LogP contribution in [0.4, 0.5) is 9.59 Å². The van der Waals surface area contributed by atoms with Gasteiger partial charge in [0.2, 0.25) is 0 Å². The third kappa shape index (κ3) is 3.71. The Hall–Kier alpha value is -2.05. The fourth-order valence-electron chi connectivity index (χ4n) is 3.46. The van der Waals surface area contributed by atoms with Gasteiger partial charge in [0.25, 0.3) is 0 Å². The number of piperidine rings is 1. The van der Waals surface area contributed by atoms with Crippen molar-refractivity contribution in [1.29, 1.82) is 0 Å². The van der Waals surface area contributed by atoms with Crippen molar-refractivity contribution < 1.29 is 19.1 Å². The molecular formula is C17H25N3O4. The number of likely N-dealkylation sites (tertiary alicyclic amines) is 1. The zero-order valence-electron chi connectivity index (χ0n) is 14.5. The summed E-state index contributed by atoms with van der Waals surface area (Å²) < 4.78 is 12.2. The highest BCUT2D eigenvalue weighted by molar-refractivity contribution is 5.70. The van der Waals surface area contributed by atoms with Gasteiger partial charge in [-0.05, 0) is 51.9 Å². The highest BCUT2D eigenvalue weighted by atomic mass is 16.6. The summed E-state index contributed by atoms with van der Waals surface area (Å²) in [5, 5.41) is 0. The summed E-state index contributed by atoms with van der Waals surface area (Å²) in [6, 6.07) is 0. The number of carbonyl (C=O) groups is 2. The zero-order chi connectivity index (χ0) is 17.4. The summed E-state index contributed by atoms with van der Waals surface area (Å²) in [5.41, 5.74) is -0.256. The van der Waals surface area contributed by atoms with Crippen LogP contribution in [0.5, 0.6) is 0 Å². The highest BCUT2D eigenvalue weighted by Crippen LogP contribution is 2.50. The lowest BCUT2D eigenvalue weighted by Crippen LogP contribution is -2.52. The first-order chi connectivity index (χ1) is 11.3. The Kier molecular flexibility index (Phi) is 4.27. The summed E-state index contributed by atoms with van der Waals surface area (Å²) in [4.78, 5) is 29.6. The van der Waals surface area contributed by atoms with Crippen molar-refractivity contribution in [2.45, 2.75) is 58.2 Å². The van der Waals surface area contributed by atoms with E-state index in [1.165, 1.54) is 10.9 Å². The van der Waals surface area contributed by atoms with Gasteiger partial charge in [0.15, 0.2) is 0 Å². The fourth-order valence-corrected chi connectivity index (χ4v) is 3.46. The average molecular weight is 335 g/mol. The van der Waals surface area contributed by atoms with E-state index in [4.69, 9.17) is 9.47 Å². The lowest BCUT2D eigenvalue weighted by molar-refractivity contribution is -0.0741. The molecule has 24 heavy (non-hydrogen) atoms. The second-order valence-corrected chi connectivity index (χ2v) is 7.85. The number of carbonyl (C=O) groups excluding carboxylic acids is 2. The molecule has 0 unspecified atom stereocenters. The molecular weight excluding hydrogens is 310 g/mol. The number of aromatic nitrogens is 2. The molecule has 1 aliphatic heterocycles. The van der Waals surface area contributed by atoms with Crippen molar-refractivity contribution in [2.75, 3.05) is 13.1 Å². The van der Waals surface area contributed by atoms with Gasteiger partial charge in [0, 0.05) is 25.5 Å². The third-order valence-corrected chi connectivity index (χ3v) is 4.78. The molecule has 1 saturated carbocycles. The number of amides is 1. The molecule has 0 aromatic carbocycles. The van der Waals surface area contributed by atoms with Gasteiger partial charge in [-0.2, -0.15) is 0 Å². The maximum atomic E-state index is 12.1. The van der Waals surface area contributed by atoms with Gasteiger partial charge < -0.3 is 14.4 Å². The van der Waals surface area contributed by atoms with Crippen LogP contribution in [0.2, 0.25) is 0 Å². The number of nitrogens with zero attached hydrogens (tertiary/aromatic N) is 3. The normalized spacial score (nSPS) is 20.5. The molecule has 1 aromatic heterocycles. The molecule has 0 bridgehead atoms. The van der Waals surface area contributed by atoms with Gasteiger partial charge in [-0.15, -0.1) is 0 Å². The minimum absolute atomic E-state index is 0.0343. The largest absolute Gasteiger partial charge is 0.446 e. The molecule has 7 heteroatoms. The summed E-state index contributed by atoms with van der Waals surface area (Å²) >= 11 is 0. The Morgan fingerprint density at radius 3 is 2.38 bits per heavy atom. The van der Waals surface area contributed by atoms with Crippen molar-refractivity contribution in [2.24, 2.45) is 5.41 Å². The smallest absolute Gasteiger partial charge is 0.419 e. The van der Waals surface area contributed by atoms with Crippen LogP contribution in [0.3, 0.4) is 0 Å². The fraction of sp³-hybridized carbons (Fsp3) is 0.706. The standard InChI is InChI=1S/C17H25N3O4/c1-16(2,3)24-15(22)19-7-4-17(5-8-19)10-13(11-17)23-14(21)20-9-6-18-12-20/h6,9,12-13H,4-5,7-8,10-11H2,1-3H3. The van der Waals surface area contributed by atoms with Crippen LogP contribution in [-0.2, 0) is 9.47 Å². The molecule has 2 aliphatic rings. The van der Waals surface area contributed by atoms with Gasteiger partial charge in [-0.1, -0.05) is 0 Å². The summed E-state index contributed by atoms with van der Waals surface area (Å²) in [6.45, 7) is 7.04. The van der Waals surface area contributed by atoms with E-state index in [1.807, 2.05) is 20.8 Å². The number of rotatable bonds is 1. The van der Waals surface area contributed by atoms with E-state index in [-0.39, 0.29) is 23.7 Å². The van der Waals surface area contributed by atoms with Crippen LogP contribution in [0.1, 0.15) is 46.5 Å². The Labute approximate surface area is 141 Å². The molecule has 3 rings (SSSR count). The van der Waals surface area contributed by atoms with Gasteiger partial charge in [0.1, 0.15) is 18.0 Å². The third-order valence-electron chi connectivity index (χ3n) is 4.78. The molecule has 132 valence electrons. The first-order valence-electron chi connectivity index (χ1n) is 8.43. The minimum Gasteiger partial charge on any atom is -0.446 e. The zero-order valence-corrected chi connectivity index (χ0v) is 14.5. The first kappa shape index (κ1) is 16.8. The topological polar surface area (TPSA) is 73.7 Å². The summed E-state index contributed by atoms with van der Waals surface area (Å²) in [6.07, 6.45) is 7.54. The predicted octanol–water partition coefficient (Wildman–Crippen LogP) is 3.05. The molecule has 0 atom stereocenters. The van der Waals surface area contributed by atoms with Crippen molar-refractivity contribution in [3.8, 4) is 0 Å². The van der Waals surface area contributed by atoms with Crippen LogP contribution in [0.25, 0.3) is 0 Å². The first-order valence-corrected chi connectivity index (χ1v) is 8.43. The van der Waals surface area contributed by atoms with Crippen molar-refractivity contribution in [3.05, 3.63) is 18.7 Å². The number of hydrogen-bond acceptors (Lipinski definition) is 5. The van der Waals surface area contributed by atoms with E-state index in [1.54, 1.807) is 17.3 Å². The monoisotopic (exact) mass is 335 g/mol. The summed E-state index contributed by atoms with van der Waals surface area (Å²) in [7, 11) is 0. The van der Waals surface area contributed by atoms with Crippen LogP contribution in [0, 0.1) is 5.41 Å². The quantitative estimate of drug-likeness (QED) is 0.788. The Bertz CT molecular complexity index is 590. The maximum absolute atomic E-state index is 12.1. The van der Waals surface area contributed by atoms with Crippen LogP contribution < -0.4 is 0 Å². The van der Waals surface area contributed by atoms with Crippen molar-refractivity contribution in [3.63, 3.8) is 0 Å². The van der Waals surface area contributed by atoms with Gasteiger partial charge >= 0.3 is 12.2 Å². The Morgan fingerprint density at radius 2 is 1.83 bits per heavy atom. The predicted molar refractivity (Wildman–Crippen MR) is 86.6 cm³/mol. The molecule has 1 saturated heterocycles. The Balaban J connectivity index is 1.43. The average Bonchev–Trinajstić information content (AvgIpc) is 2.98. The molecule has 1 spiro atoms. The van der Waals surface area contributed by atoms with E-state index in [0.717, 1.165) is 25.7 Å². The second kappa shape index (κ2) is 6.11. The minimum atomic E-state index is -0.463. The van der Waals surface area contributed by atoms with Crippen LogP contribution in [-0.4, -0.2) is 51.4 Å². The van der Waals surface area contributed by atoms with E-state index in [2.05, 4.69) is 4.98 Å². The van der Waals surface area contributed by atoms with E-state index in [0.29, 0.717) is 13.1 Å². The van der Waals surface area contributed by atoms with Crippen LogP contribution in [0.15, 0.2) is 18.7 Å². The van der Waals surface area contributed by atoms with E-state index < -0.39 is 5.60 Å². The molecule has 2 heterocycles. The second-order valence-electron chi connectivity index (χ2n) is 7.85. The van der Waals surface area contributed by atoms with Gasteiger partial charge in [-0.25, -0.2) is 19.1 Å². The number of hydrogen-bond donors (Lipinski definition) is 0. The number of imidazole rings is 1. The van der Waals surface area contributed by atoms with Crippen molar-refractivity contribution in [1.82, 2.24) is 14.5 Å². The number of ether oxygens (including phenoxy) is 2. The molecule has 1 aromatic rings. The highest BCUT2D eigenvalue weighted by Gasteiger charge is 2.48. The lowest BCUT2D eigenvalue weighted by atomic mass is 9.61.